The molecule has 9 heteroatoms. The van der Waals surface area contributed by atoms with Crippen LogP contribution in [0.25, 0.3) is 0 Å². The van der Waals surface area contributed by atoms with Crippen molar-refractivity contribution in [2.75, 3.05) is 5.32 Å². The summed E-state index contributed by atoms with van der Waals surface area (Å²) in [6.45, 7) is 10.1. The van der Waals surface area contributed by atoms with E-state index in [1.807, 2.05) is 32.4 Å². The van der Waals surface area contributed by atoms with Gasteiger partial charge in [-0.1, -0.05) is 27.7 Å². The van der Waals surface area contributed by atoms with Gasteiger partial charge in [0.15, 0.2) is 0 Å². The molecule has 3 N–H and O–H groups in total. The van der Waals surface area contributed by atoms with Crippen LogP contribution in [-0.2, 0) is 15.6 Å². The average Bonchev–Trinajstić information content (AvgIpc) is 2.60. The number of benzene rings is 2. The van der Waals surface area contributed by atoms with Crippen LogP contribution in [0.4, 0.5) is 19.3 Å². The van der Waals surface area contributed by atoms with Gasteiger partial charge in [0.1, 0.15) is 11.6 Å². The van der Waals surface area contributed by atoms with Gasteiger partial charge in [0.05, 0.1) is 10.5 Å². The van der Waals surface area contributed by atoms with Crippen LogP contribution in [0.15, 0.2) is 35.2 Å². The number of hydrogen-bond acceptors (Lipinski definition) is 4. The number of anilines is 1. The monoisotopic (exact) mass is 454 g/mol. The molecule has 0 bridgehead atoms. The fraction of sp³-hybridized carbons (Fsp3) is 0.409. The molecule has 170 valence electrons. The number of hydrogen-bond donors (Lipinski definition) is 3. The summed E-state index contributed by atoms with van der Waals surface area (Å²) in [6, 6.07) is 4.38. The van der Waals surface area contributed by atoms with Gasteiger partial charge in [-0.25, -0.2) is 26.7 Å². The molecule has 2 aromatic rings. The predicted octanol–water partition coefficient (Wildman–Crippen LogP) is 4.95. The maximum atomic E-state index is 14.1. The second-order valence-corrected chi connectivity index (χ2v) is 10.2. The van der Waals surface area contributed by atoms with Crippen molar-refractivity contribution in [2.24, 2.45) is 0 Å². The third-order valence-corrected chi connectivity index (χ3v) is 6.07. The van der Waals surface area contributed by atoms with Crippen LogP contribution in [0.5, 0.6) is 0 Å². The van der Waals surface area contributed by atoms with Crippen molar-refractivity contribution >= 4 is 21.7 Å². The highest BCUT2D eigenvalue weighted by Gasteiger charge is 2.25. The molecule has 0 saturated heterocycles. The van der Waals surface area contributed by atoms with Crippen LogP contribution in [0, 0.1) is 11.6 Å². The number of carbonyl (C=O) groups is 1. The van der Waals surface area contributed by atoms with E-state index in [-0.39, 0.29) is 17.4 Å². The standard InChI is InChI=1S/C22H28F2N2O4S/c1-12(2)18-10-16(24)11-19(13(3)4)20(18)25-21(27)26-31(29,30)17-8-14(22(5,6)28)7-15(23)9-17/h7-13,28H,1-6H3,(H2,25,26,27). The Balaban J connectivity index is 2.40. The zero-order valence-corrected chi connectivity index (χ0v) is 19.2. The zero-order valence-electron chi connectivity index (χ0n) is 18.4. The second kappa shape index (κ2) is 8.92. The van der Waals surface area contributed by atoms with Gasteiger partial charge in [0.2, 0.25) is 0 Å². The second-order valence-electron chi connectivity index (χ2n) is 8.56. The first-order valence-electron chi connectivity index (χ1n) is 9.82. The Bertz CT molecular complexity index is 1060. The number of carbonyl (C=O) groups excluding carboxylic acids is 1. The minimum absolute atomic E-state index is 0.0380. The summed E-state index contributed by atoms with van der Waals surface area (Å²) < 4.78 is 55.2. The maximum absolute atomic E-state index is 14.1. The molecule has 0 unspecified atom stereocenters. The van der Waals surface area contributed by atoms with E-state index in [4.69, 9.17) is 0 Å². The number of rotatable bonds is 6. The number of amides is 2. The Kier molecular flexibility index (Phi) is 7.12. The van der Waals surface area contributed by atoms with Crippen molar-refractivity contribution in [3.63, 3.8) is 0 Å². The SMILES string of the molecule is CC(C)c1cc(F)cc(C(C)C)c1NC(=O)NS(=O)(=O)c1cc(F)cc(C(C)(C)O)c1. The number of sulfonamides is 1. The largest absolute Gasteiger partial charge is 0.386 e. The van der Waals surface area contributed by atoms with Crippen molar-refractivity contribution in [2.45, 2.75) is 63.9 Å². The molecule has 0 aromatic heterocycles. The smallest absolute Gasteiger partial charge is 0.333 e. The molecule has 0 saturated carbocycles. The molecule has 2 aromatic carbocycles. The molecule has 0 heterocycles. The van der Waals surface area contributed by atoms with E-state index in [0.717, 1.165) is 18.2 Å². The molecule has 0 spiro atoms. The highest BCUT2D eigenvalue weighted by atomic mass is 32.2. The van der Waals surface area contributed by atoms with Gasteiger partial charge in [-0.15, -0.1) is 0 Å². The van der Waals surface area contributed by atoms with Crippen molar-refractivity contribution in [1.29, 1.82) is 0 Å². The van der Waals surface area contributed by atoms with E-state index in [9.17, 15) is 27.1 Å². The summed E-state index contributed by atoms with van der Waals surface area (Å²) in [5.74, 6) is -1.61. The van der Waals surface area contributed by atoms with Gasteiger partial charge < -0.3 is 10.4 Å². The number of aliphatic hydroxyl groups is 1. The molecule has 6 nitrogen and oxygen atoms in total. The lowest BCUT2D eigenvalue weighted by molar-refractivity contribution is 0.0780. The minimum Gasteiger partial charge on any atom is -0.386 e. The molecule has 2 amide bonds. The normalized spacial score (nSPS) is 12.4. The molecular formula is C22H28F2N2O4S. The van der Waals surface area contributed by atoms with Crippen LogP contribution in [0.2, 0.25) is 0 Å². The molecule has 2 rings (SSSR count). The molecule has 0 aliphatic heterocycles. The summed E-state index contributed by atoms with van der Waals surface area (Å²) in [5, 5.41) is 12.6. The third kappa shape index (κ3) is 6.01. The molecule has 0 radical (unpaired) electrons. The number of urea groups is 1. The molecule has 0 aliphatic rings. The topological polar surface area (TPSA) is 95.5 Å². The summed E-state index contributed by atoms with van der Waals surface area (Å²) in [6.07, 6.45) is 0. The Labute approximate surface area is 181 Å². The predicted molar refractivity (Wildman–Crippen MR) is 116 cm³/mol. The lowest BCUT2D eigenvalue weighted by Crippen LogP contribution is -2.35. The van der Waals surface area contributed by atoms with Crippen molar-refractivity contribution in [3.8, 4) is 0 Å². The van der Waals surface area contributed by atoms with Crippen molar-refractivity contribution < 1.29 is 27.1 Å². The van der Waals surface area contributed by atoms with E-state index in [1.54, 1.807) is 0 Å². The van der Waals surface area contributed by atoms with Crippen LogP contribution < -0.4 is 10.0 Å². The van der Waals surface area contributed by atoms with Gasteiger partial charge in [-0.3, -0.25) is 0 Å². The van der Waals surface area contributed by atoms with Crippen molar-refractivity contribution in [1.82, 2.24) is 4.72 Å². The highest BCUT2D eigenvalue weighted by molar-refractivity contribution is 7.90. The third-order valence-electron chi connectivity index (χ3n) is 4.76. The molecule has 0 fully saturated rings. The quantitative estimate of drug-likeness (QED) is 0.576. The van der Waals surface area contributed by atoms with E-state index >= 15 is 0 Å². The molecule has 0 atom stereocenters. The first-order chi connectivity index (χ1) is 14.1. The van der Waals surface area contributed by atoms with E-state index < -0.39 is 38.2 Å². The average molecular weight is 455 g/mol. The van der Waals surface area contributed by atoms with Crippen LogP contribution in [-0.4, -0.2) is 19.6 Å². The van der Waals surface area contributed by atoms with Gasteiger partial charge >= 0.3 is 6.03 Å². The first-order valence-corrected chi connectivity index (χ1v) is 11.3. The van der Waals surface area contributed by atoms with Crippen LogP contribution >= 0.6 is 0 Å². The summed E-state index contributed by atoms with van der Waals surface area (Å²) in [7, 11) is -4.45. The van der Waals surface area contributed by atoms with Gasteiger partial charge in [0, 0.05) is 5.69 Å². The van der Waals surface area contributed by atoms with E-state index in [0.29, 0.717) is 16.8 Å². The Hall–Kier alpha value is -2.52. The minimum atomic E-state index is -4.45. The number of halogens is 2. The van der Waals surface area contributed by atoms with E-state index in [1.165, 1.54) is 26.0 Å². The maximum Gasteiger partial charge on any atom is 0.333 e. The first kappa shape index (κ1) is 24.7. The lowest BCUT2D eigenvalue weighted by atomic mass is 9.92. The molecule has 31 heavy (non-hydrogen) atoms. The Morgan fingerprint density at radius 3 is 1.87 bits per heavy atom. The fourth-order valence-electron chi connectivity index (χ4n) is 3.10. The molecule has 0 aliphatic carbocycles. The van der Waals surface area contributed by atoms with Gasteiger partial charge in [-0.2, -0.15) is 0 Å². The molecular weight excluding hydrogens is 426 g/mol. The fourth-order valence-corrected chi connectivity index (χ4v) is 4.06. The summed E-state index contributed by atoms with van der Waals surface area (Å²) in [4.78, 5) is 12.1. The van der Waals surface area contributed by atoms with Gasteiger partial charge in [0.25, 0.3) is 10.0 Å². The summed E-state index contributed by atoms with van der Waals surface area (Å²) in [5.41, 5.74) is -0.0784. The Morgan fingerprint density at radius 2 is 1.42 bits per heavy atom. The van der Waals surface area contributed by atoms with Crippen molar-refractivity contribution in [3.05, 3.63) is 58.7 Å². The lowest BCUT2D eigenvalue weighted by Gasteiger charge is -2.21. The van der Waals surface area contributed by atoms with Crippen LogP contribution in [0.1, 0.15) is 70.1 Å². The van der Waals surface area contributed by atoms with Crippen LogP contribution in [0.3, 0.4) is 0 Å². The summed E-state index contributed by atoms with van der Waals surface area (Å²) >= 11 is 0. The number of nitrogens with one attached hydrogen (secondary N) is 2. The van der Waals surface area contributed by atoms with Gasteiger partial charge in [-0.05, 0) is 72.7 Å². The van der Waals surface area contributed by atoms with E-state index in [2.05, 4.69) is 5.32 Å². The Morgan fingerprint density at radius 1 is 0.935 bits per heavy atom. The highest BCUT2D eigenvalue weighted by Crippen LogP contribution is 2.33. The zero-order chi connectivity index (χ0) is 23.7.